The molecule has 1 aliphatic heterocycles. The predicted molar refractivity (Wildman–Crippen MR) is 114 cm³/mol. The Morgan fingerprint density at radius 3 is 2.59 bits per heavy atom. The Balaban J connectivity index is 2.01. The molecule has 7 heteroatoms. The first-order chi connectivity index (χ1) is 14.0. The van der Waals surface area contributed by atoms with Crippen molar-refractivity contribution in [1.29, 1.82) is 5.26 Å². The molecule has 1 fully saturated rings. The summed E-state index contributed by atoms with van der Waals surface area (Å²) in [6, 6.07) is 8.26. The highest BCUT2D eigenvalue weighted by Gasteiger charge is 2.24. The van der Waals surface area contributed by atoms with Crippen LogP contribution in [0.3, 0.4) is 0 Å². The number of aromatic nitrogens is 2. The number of fused-ring (bicyclic) bond motifs is 1. The van der Waals surface area contributed by atoms with Gasteiger partial charge in [-0.25, -0.2) is 4.98 Å². The number of rotatable bonds is 3. The molecule has 4 rings (SSSR count). The van der Waals surface area contributed by atoms with Crippen LogP contribution >= 0.6 is 0 Å². The molecule has 0 saturated carbocycles. The van der Waals surface area contributed by atoms with Crippen LogP contribution < -0.4 is 15.4 Å². The van der Waals surface area contributed by atoms with Gasteiger partial charge in [0.25, 0.3) is 0 Å². The Morgan fingerprint density at radius 1 is 1.21 bits per heavy atom. The van der Waals surface area contributed by atoms with Gasteiger partial charge in [-0.2, -0.15) is 5.26 Å². The van der Waals surface area contributed by atoms with Gasteiger partial charge in [-0.1, -0.05) is 6.07 Å². The Bertz CT molecular complexity index is 1140. The van der Waals surface area contributed by atoms with Crippen molar-refractivity contribution in [3.8, 4) is 17.5 Å². The maximum absolute atomic E-state index is 9.86. The maximum Gasteiger partial charge on any atom is 0.147 e. The third-order valence-electron chi connectivity index (χ3n) is 5.63. The number of pyridine rings is 1. The summed E-state index contributed by atoms with van der Waals surface area (Å²) in [6.07, 6.45) is 0. The van der Waals surface area contributed by atoms with E-state index in [2.05, 4.69) is 11.0 Å². The lowest BCUT2D eigenvalue weighted by Crippen LogP contribution is -2.36. The van der Waals surface area contributed by atoms with Gasteiger partial charge in [0.1, 0.15) is 28.8 Å². The second-order valence-electron chi connectivity index (χ2n) is 7.33. The van der Waals surface area contributed by atoms with Crippen LogP contribution in [0.5, 0.6) is 5.75 Å². The van der Waals surface area contributed by atoms with Crippen LogP contribution in [0.4, 0.5) is 11.5 Å². The summed E-state index contributed by atoms with van der Waals surface area (Å²) in [6.45, 7) is 9.00. The van der Waals surface area contributed by atoms with Crippen LogP contribution in [0.15, 0.2) is 18.2 Å². The lowest BCUT2D eigenvalue weighted by atomic mass is 10.1. The number of nitrogens with two attached hydrogens (primary N) is 1. The molecule has 0 aliphatic carbocycles. The number of ether oxygens (including phenoxy) is 2. The van der Waals surface area contributed by atoms with Gasteiger partial charge in [-0.3, -0.25) is 4.57 Å². The van der Waals surface area contributed by atoms with Gasteiger partial charge in [0, 0.05) is 24.0 Å². The fourth-order valence-corrected chi connectivity index (χ4v) is 4.15. The summed E-state index contributed by atoms with van der Waals surface area (Å²) in [5.41, 5.74) is 12.4. The molecule has 150 valence electrons. The number of morpholine rings is 1. The molecule has 7 nitrogen and oxygen atoms in total. The van der Waals surface area contributed by atoms with E-state index < -0.39 is 0 Å². The SMILES string of the molecule is COc1ccc(C)c(-n2c(N)c(C#N)c3cc(N4CCOCC4)c(C)nc32)c1C. The highest BCUT2D eigenvalue weighted by Crippen LogP contribution is 2.37. The predicted octanol–water partition coefficient (Wildman–Crippen LogP) is 3.25. The lowest BCUT2D eigenvalue weighted by molar-refractivity contribution is 0.122. The van der Waals surface area contributed by atoms with E-state index in [1.807, 2.05) is 43.5 Å². The van der Waals surface area contributed by atoms with E-state index >= 15 is 0 Å². The summed E-state index contributed by atoms with van der Waals surface area (Å²) >= 11 is 0. The Labute approximate surface area is 170 Å². The fraction of sp³-hybridized carbons (Fsp3) is 0.364. The number of hydrogen-bond acceptors (Lipinski definition) is 6. The summed E-state index contributed by atoms with van der Waals surface area (Å²) in [5.74, 6) is 1.17. The topological polar surface area (TPSA) is 89.3 Å². The number of hydrogen-bond donors (Lipinski definition) is 1. The van der Waals surface area contributed by atoms with Crippen molar-refractivity contribution in [2.75, 3.05) is 44.0 Å². The van der Waals surface area contributed by atoms with Gasteiger partial charge in [0.05, 0.1) is 37.4 Å². The number of nitrogen functional groups attached to an aromatic ring is 1. The van der Waals surface area contributed by atoms with Crippen molar-refractivity contribution in [3.63, 3.8) is 0 Å². The van der Waals surface area contributed by atoms with Gasteiger partial charge in [0.2, 0.25) is 0 Å². The zero-order valence-corrected chi connectivity index (χ0v) is 17.2. The van der Waals surface area contributed by atoms with E-state index in [4.69, 9.17) is 20.2 Å². The Hall–Kier alpha value is -3.24. The number of aryl methyl sites for hydroxylation is 2. The summed E-state index contributed by atoms with van der Waals surface area (Å²) in [4.78, 5) is 7.15. The number of nitriles is 1. The molecule has 0 bridgehead atoms. The molecule has 3 aromatic rings. The molecule has 0 spiro atoms. The molecule has 2 aromatic heterocycles. The molecule has 1 saturated heterocycles. The molecule has 0 radical (unpaired) electrons. The third kappa shape index (κ3) is 2.97. The van der Waals surface area contributed by atoms with E-state index in [1.54, 1.807) is 7.11 Å². The van der Waals surface area contributed by atoms with E-state index in [0.717, 1.165) is 52.4 Å². The van der Waals surface area contributed by atoms with Crippen LogP contribution in [0.1, 0.15) is 22.4 Å². The summed E-state index contributed by atoms with van der Waals surface area (Å²) < 4.78 is 12.9. The van der Waals surface area contributed by atoms with Crippen molar-refractivity contribution in [3.05, 3.63) is 40.6 Å². The van der Waals surface area contributed by atoms with Crippen molar-refractivity contribution in [1.82, 2.24) is 9.55 Å². The first-order valence-corrected chi connectivity index (χ1v) is 9.66. The van der Waals surface area contributed by atoms with Crippen LogP contribution in [0, 0.1) is 32.1 Å². The van der Waals surface area contributed by atoms with E-state index in [9.17, 15) is 5.26 Å². The normalized spacial score (nSPS) is 14.2. The van der Waals surface area contributed by atoms with Crippen molar-refractivity contribution in [2.45, 2.75) is 20.8 Å². The average molecular weight is 391 g/mol. The monoisotopic (exact) mass is 391 g/mol. The molecule has 3 heterocycles. The van der Waals surface area contributed by atoms with E-state index in [-0.39, 0.29) is 0 Å². The highest BCUT2D eigenvalue weighted by atomic mass is 16.5. The molecule has 2 N–H and O–H groups in total. The molecule has 0 unspecified atom stereocenters. The number of nitrogens with zero attached hydrogens (tertiary/aromatic N) is 4. The minimum atomic E-state index is 0.396. The second-order valence-corrected chi connectivity index (χ2v) is 7.33. The molecular weight excluding hydrogens is 366 g/mol. The molecule has 0 amide bonds. The largest absolute Gasteiger partial charge is 0.496 e. The van der Waals surface area contributed by atoms with Crippen LogP contribution in [0.25, 0.3) is 16.7 Å². The fourth-order valence-electron chi connectivity index (χ4n) is 4.15. The molecule has 0 atom stereocenters. The average Bonchev–Trinajstić information content (AvgIpc) is 2.99. The zero-order valence-electron chi connectivity index (χ0n) is 17.2. The lowest BCUT2D eigenvalue weighted by Gasteiger charge is -2.29. The van der Waals surface area contributed by atoms with Gasteiger partial charge >= 0.3 is 0 Å². The van der Waals surface area contributed by atoms with Crippen molar-refractivity contribution < 1.29 is 9.47 Å². The molecular formula is C22H25N5O2. The van der Waals surface area contributed by atoms with Crippen LogP contribution in [-0.2, 0) is 4.74 Å². The summed E-state index contributed by atoms with van der Waals surface area (Å²) in [5, 5.41) is 10.6. The number of benzene rings is 1. The van der Waals surface area contributed by atoms with E-state index in [1.165, 1.54) is 0 Å². The zero-order chi connectivity index (χ0) is 20.7. The van der Waals surface area contributed by atoms with Gasteiger partial charge in [-0.15, -0.1) is 0 Å². The van der Waals surface area contributed by atoms with Gasteiger partial charge < -0.3 is 20.1 Å². The molecule has 1 aromatic carbocycles. The van der Waals surface area contributed by atoms with Gasteiger partial charge in [-0.05, 0) is 38.5 Å². The Morgan fingerprint density at radius 2 is 1.93 bits per heavy atom. The minimum Gasteiger partial charge on any atom is -0.496 e. The molecule has 1 aliphatic rings. The highest BCUT2D eigenvalue weighted by molar-refractivity contribution is 5.94. The van der Waals surface area contributed by atoms with Crippen molar-refractivity contribution in [2.24, 2.45) is 0 Å². The van der Waals surface area contributed by atoms with Crippen LogP contribution in [-0.4, -0.2) is 43.0 Å². The van der Waals surface area contributed by atoms with Crippen molar-refractivity contribution >= 4 is 22.5 Å². The standard InChI is InChI=1S/C22H25N5O2/c1-13-5-6-19(28-4)14(2)20(13)27-21(24)17(12-23)16-11-18(15(3)25-22(16)27)26-7-9-29-10-8-26/h5-6,11H,7-10,24H2,1-4H3. The first kappa shape index (κ1) is 19.1. The first-order valence-electron chi connectivity index (χ1n) is 9.66. The maximum atomic E-state index is 9.86. The Kier molecular flexibility index (Phi) is 4.81. The van der Waals surface area contributed by atoms with E-state index in [0.29, 0.717) is 30.2 Å². The summed E-state index contributed by atoms with van der Waals surface area (Å²) in [7, 11) is 1.65. The smallest absolute Gasteiger partial charge is 0.147 e. The molecule has 29 heavy (non-hydrogen) atoms. The second kappa shape index (κ2) is 7.30. The number of anilines is 2. The third-order valence-corrected chi connectivity index (χ3v) is 5.63. The van der Waals surface area contributed by atoms with Gasteiger partial charge in [0.15, 0.2) is 0 Å². The van der Waals surface area contributed by atoms with Crippen LogP contribution in [0.2, 0.25) is 0 Å². The minimum absolute atomic E-state index is 0.396. The quantitative estimate of drug-likeness (QED) is 0.737. The number of methoxy groups -OCH3 is 1.